The molecule has 3 fully saturated rings. The van der Waals surface area contributed by atoms with Crippen LogP contribution in [-0.2, 0) is 62.5 Å². The fourth-order valence-corrected chi connectivity index (χ4v) is 7.62. The van der Waals surface area contributed by atoms with E-state index < -0.39 is 76.3 Å². The van der Waals surface area contributed by atoms with Crippen LogP contribution in [0.25, 0.3) is 0 Å². The second-order valence-electron chi connectivity index (χ2n) is 10.7. The molecule has 0 aromatic rings. The number of hydrogen-bond acceptors (Lipinski definition) is 11. The van der Waals surface area contributed by atoms with Gasteiger partial charge in [-0.1, -0.05) is 20.8 Å². The molecule has 2 N–H and O–H groups in total. The van der Waals surface area contributed by atoms with Crippen molar-refractivity contribution in [3.05, 3.63) is 0 Å². The third-order valence-electron chi connectivity index (χ3n) is 7.56. The van der Waals surface area contributed by atoms with Gasteiger partial charge < -0.3 is 42.5 Å². The van der Waals surface area contributed by atoms with Crippen LogP contribution >= 0.6 is 15.2 Å². The maximum absolute atomic E-state index is 13.3. The zero-order chi connectivity index (χ0) is 29.3. The van der Waals surface area contributed by atoms with Crippen molar-refractivity contribution < 1.29 is 72.7 Å². The molecule has 215 valence electrons. The van der Waals surface area contributed by atoms with Gasteiger partial charge in [-0.3, -0.25) is 9.13 Å². The van der Waals surface area contributed by atoms with E-state index >= 15 is 0 Å². The summed E-state index contributed by atoms with van der Waals surface area (Å²) in [5, 5.41) is 20.0. The van der Waals surface area contributed by atoms with Gasteiger partial charge >= 0.3 is 15.2 Å². The molecule has 40 heavy (non-hydrogen) atoms. The van der Waals surface area contributed by atoms with Gasteiger partial charge in [0.25, 0.3) is 0 Å². The molecule has 11 nitrogen and oxygen atoms in total. The van der Waals surface area contributed by atoms with Gasteiger partial charge in [0.2, 0.25) is 0 Å². The summed E-state index contributed by atoms with van der Waals surface area (Å²) in [6.07, 6.45) is -4.82. The fraction of sp³-hybridized carbons (Fsp3) is 1.00. The van der Waals surface area contributed by atoms with E-state index in [0.717, 1.165) is 0 Å². The summed E-state index contributed by atoms with van der Waals surface area (Å²) >= 11 is 0. The monoisotopic (exact) mass is 763 g/mol. The minimum absolute atomic E-state index is 0. The quantitative estimate of drug-likeness (QED) is 0.181. The van der Waals surface area contributed by atoms with Crippen LogP contribution in [0.4, 0.5) is 0 Å². The van der Waals surface area contributed by atoms with E-state index in [1.807, 2.05) is 0 Å². The molecule has 3 saturated heterocycles. The Bertz CT molecular complexity index is 915. The van der Waals surface area contributed by atoms with Gasteiger partial charge in [0, 0.05) is 93.4 Å². The van der Waals surface area contributed by atoms with Crippen LogP contribution in [0.2, 0.25) is 0 Å². The molecule has 14 unspecified atom stereocenters. The Hall–Kier alpha value is 1.18. The molecule has 0 bridgehead atoms. The van der Waals surface area contributed by atoms with Crippen molar-refractivity contribution >= 4 is 59.9 Å². The molecule has 14 atom stereocenters. The van der Waals surface area contributed by atoms with Crippen LogP contribution in [0.5, 0.6) is 0 Å². The van der Waals surface area contributed by atoms with E-state index in [2.05, 4.69) is 0 Å². The van der Waals surface area contributed by atoms with Gasteiger partial charge in [0.1, 0.15) is 26.2 Å². The van der Waals surface area contributed by atoms with E-state index in [1.54, 1.807) is 20.8 Å². The third-order valence-corrected chi connectivity index (χ3v) is 10.1. The van der Waals surface area contributed by atoms with Crippen LogP contribution in [0.3, 0.4) is 0 Å². The van der Waals surface area contributed by atoms with E-state index in [4.69, 9.17) is 63.4 Å². The number of rotatable bonds is 13. The molecule has 0 amide bonds. The standard InChI is InChI=1S/C20H35B6O11P2.W/c1-9-15(28)13(33-18(9)21)7-31-38(4,29)36-16-10(2)19(25-22)34-14(16)8-32-39(5,30)37-17-11(3)20(26(23)24)35-12(17)6-27;/h9-20,27-28H,6-8H2,1-5H3;. The number of hydrogen-bond donors (Lipinski definition) is 2. The van der Waals surface area contributed by atoms with Crippen molar-refractivity contribution in [1.29, 1.82) is 0 Å². The topological polar surface area (TPSA) is 139 Å². The molecule has 3 heterocycles. The van der Waals surface area contributed by atoms with Crippen molar-refractivity contribution in [1.82, 2.24) is 0 Å². The van der Waals surface area contributed by atoms with E-state index in [0.29, 0.717) is 0 Å². The number of aliphatic hydroxyl groups is 2. The fourth-order valence-electron chi connectivity index (χ4n) is 5.13. The molecule has 3 aliphatic rings. The second-order valence-corrected chi connectivity index (χ2v) is 14.7. The summed E-state index contributed by atoms with van der Waals surface area (Å²) in [6.45, 7) is 6.27. The Morgan fingerprint density at radius 1 is 0.875 bits per heavy atom. The average Bonchev–Trinajstić information content (AvgIpc) is 3.43. The molecule has 9 radical (unpaired) electrons. The molecule has 20 heteroatoms. The first-order valence-corrected chi connectivity index (χ1v) is 17.0. The smallest absolute Gasteiger partial charge is 0.328 e. The summed E-state index contributed by atoms with van der Waals surface area (Å²) in [5.74, 6) is -1.02. The molecular weight excluding hydrogens is 727 g/mol. The van der Waals surface area contributed by atoms with Crippen LogP contribution < -0.4 is 0 Å². The van der Waals surface area contributed by atoms with E-state index in [-0.39, 0.29) is 58.6 Å². The predicted octanol–water partition coefficient (Wildman–Crippen LogP) is -0.767. The van der Waals surface area contributed by atoms with Crippen LogP contribution in [0, 0.1) is 17.8 Å². The predicted molar refractivity (Wildman–Crippen MR) is 150 cm³/mol. The summed E-state index contributed by atoms with van der Waals surface area (Å²) < 4.78 is 66.4. The summed E-state index contributed by atoms with van der Waals surface area (Å²) in [6, 6.07) is -1.82. The zero-order valence-corrected chi connectivity index (χ0v) is 28.1. The molecular formula is C20H35B6O11P2W. The first-order valence-electron chi connectivity index (χ1n) is 13.0. The Balaban J connectivity index is 0.00000560. The first kappa shape index (κ1) is 37.4. The van der Waals surface area contributed by atoms with E-state index in [1.165, 1.54) is 20.5 Å². The summed E-state index contributed by atoms with van der Waals surface area (Å²) in [5.41, 5.74) is 0. The first-order chi connectivity index (χ1) is 18.1. The minimum Gasteiger partial charge on any atom is -0.394 e. The maximum atomic E-state index is 13.3. The Kier molecular flexibility index (Phi) is 14.4. The molecule has 0 aliphatic carbocycles. The largest absolute Gasteiger partial charge is 0.394 e. The van der Waals surface area contributed by atoms with E-state index in [9.17, 15) is 19.3 Å². The molecule has 0 aromatic heterocycles. The third kappa shape index (κ3) is 9.11. The maximum Gasteiger partial charge on any atom is 0.328 e. The number of ether oxygens (including phenoxy) is 3. The van der Waals surface area contributed by atoms with Crippen molar-refractivity contribution in [2.24, 2.45) is 17.8 Å². The van der Waals surface area contributed by atoms with Crippen LogP contribution in [0.15, 0.2) is 0 Å². The zero-order valence-electron chi connectivity index (χ0n) is 23.4. The van der Waals surface area contributed by atoms with Gasteiger partial charge in [-0.05, 0) is 0 Å². The van der Waals surface area contributed by atoms with Gasteiger partial charge in [0.15, 0.2) is 0 Å². The molecule has 0 aromatic carbocycles. The van der Waals surface area contributed by atoms with Crippen LogP contribution in [0.1, 0.15) is 20.8 Å². The summed E-state index contributed by atoms with van der Waals surface area (Å²) in [7, 11) is 17.0. The summed E-state index contributed by atoms with van der Waals surface area (Å²) in [4.78, 5) is 0. The minimum atomic E-state index is -3.72. The number of aliphatic hydroxyl groups excluding tert-OH is 2. The normalized spacial score (nSPS) is 42.6. The van der Waals surface area contributed by atoms with Gasteiger partial charge in [-0.2, -0.15) is 0 Å². The SMILES string of the molecule is [B][B]C1OC(COP(C)(=O)OC2C(CO)OC(B([B])[B])C2C)C(OP(C)(=O)OCC2OC([B])C(C)C2O)C1C.[W]. The van der Waals surface area contributed by atoms with Gasteiger partial charge in [-0.25, -0.2) is 0 Å². The molecule has 0 saturated carbocycles. The van der Waals surface area contributed by atoms with Crippen molar-refractivity contribution in [3.8, 4) is 0 Å². The molecule has 3 rings (SSSR count). The average molecular weight is 762 g/mol. The van der Waals surface area contributed by atoms with Gasteiger partial charge in [-0.15, -0.1) is 0 Å². The Labute approximate surface area is 258 Å². The Morgan fingerprint density at radius 2 is 1.40 bits per heavy atom. The second kappa shape index (κ2) is 15.5. The van der Waals surface area contributed by atoms with Crippen molar-refractivity contribution in [2.75, 3.05) is 33.2 Å². The van der Waals surface area contributed by atoms with Crippen molar-refractivity contribution in [3.63, 3.8) is 0 Å². The molecule has 3 aliphatic heterocycles. The van der Waals surface area contributed by atoms with Crippen molar-refractivity contribution in [2.45, 2.75) is 75.4 Å². The van der Waals surface area contributed by atoms with Gasteiger partial charge in [0.05, 0.1) is 51.8 Å². The van der Waals surface area contributed by atoms with Crippen LogP contribution in [-0.4, -0.2) is 143 Å². The Morgan fingerprint density at radius 3 is 1.85 bits per heavy atom. The molecule has 0 spiro atoms.